The minimum absolute atomic E-state index is 0.0997. The summed E-state index contributed by atoms with van der Waals surface area (Å²) in [6, 6.07) is 9.20. The number of anilines is 1. The quantitative estimate of drug-likeness (QED) is 0.917. The van der Waals surface area contributed by atoms with Crippen LogP contribution in [0.5, 0.6) is 0 Å². The number of carbonyl (C=O) groups excluding carboxylic acids is 1. The van der Waals surface area contributed by atoms with Crippen LogP contribution in [0.2, 0.25) is 0 Å². The highest BCUT2D eigenvalue weighted by molar-refractivity contribution is 5.74. The maximum absolute atomic E-state index is 11.9. The topological polar surface area (TPSA) is 35.6 Å². The Kier molecular flexibility index (Phi) is 3.81. The molecule has 0 aromatic heterocycles. The van der Waals surface area contributed by atoms with E-state index in [1.807, 2.05) is 4.90 Å². The van der Waals surface area contributed by atoms with Gasteiger partial charge in [0, 0.05) is 37.9 Å². The number of para-hydroxylation sites is 1. The second-order valence-corrected chi connectivity index (χ2v) is 5.80. The average Bonchev–Trinajstić information content (AvgIpc) is 3.07. The van der Waals surface area contributed by atoms with E-state index in [9.17, 15) is 4.79 Å². The number of fused-ring (bicyclic) bond motifs is 1. The summed E-state index contributed by atoms with van der Waals surface area (Å²) < 4.78 is 0. The third-order valence-electron chi connectivity index (χ3n) is 4.37. The van der Waals surface area contributed by atoms with Crippen molar-refractivity contribution in [3.63, 3.8) is 0 Å². The lowest BCUT2D eigenvalue weighted by Crippen LogP contribution is -2.43. The SMILES string of the molecule is CC1Cc2ccccc2N1CCNC(=O)N1CCCC1. The summed E-state index contributed by atoms with van der Waals surface area (Å²) in [7, 11) is 0. The van der Waals surface area contributed by atoms with Crippen LogP contribution in [0.3, 0.4) is 0 Å². The van der Waals surface area contributed by atoms with Gasteiger partial charge in [-0.05, 0) is 37.8 Å². The number of likely N-dealkylation sites (tertiary alicyclic amines) is 1. The van der Waals surface area contributed by atoms with Gasteiger partial charge in [0.05, 0.1) is 0 Å². The van der Waals surface area contributed by atoms with Crippen molar-refractivity contribution in [1.82, 2.24) is 10.2 Å². The maximum atomic E-state index is 11.9. The lowest BCUT2D eigenvalue weighted by Gasteiger charge is -2.25. The number of amides is 2. The molecule has 2 aliphatic rings. The van der Waals surface area contributed by atoms with Crippen molar-refractivity contribution in [2.24, 2.45) is 0 Å². The third-order valence-corrected chi connectivity index (χ3v) is 4.37. The second-order valence-electron chi connectivity index (χ2n) is 5.80. The Morgan fingerprint density at radius 2 is 2.05 bits per heavy atom. The van der Waals surface area contributed by atoms with Gasteiger partial charge in [-0.1, -0.05) is 18.2 Å². The number of nitrogens with zero attached hydrogens (tertiary/aromatic N) is 2. The van der Waals surface area contributed by atoms with Gasteiger partial charge in [-0.3, -0.25) is 0 Å². The molecule has 1 aromatic rings. The van der Waals surface area contributed by atoms with E-state index in [1.165, 1.54) is 11.3 Å². The number of nitrogens with one attached hydrogen (secondary N) is 1. The predicted octanol–water partition coefficient (Wildman–Crippen LogP) is 2.24. The Hall–Kier alpha value is -1.71. The average molecular weight is 273 g/mol. The molecule has 1 N–H and O–H groups in total. The van der Waals surface area contributed by atoms with Gasteiger partial charge < -0.3 is 15.1 Å². The first-order valence-corrected chi connectivity index (χ1v) is 7.63. The van der Waals surface area contributed by atoms with E-state index in [-0.39, 0.29) is 6.03 Å². The highest BCUT2D eigenvalue weighted by Crippen LogP contribution is 2.31. The highest BCUT2D eigenvalue weighted by atomic mass is 16.2. The van der Waals surface area contributed by atoms with Crippen LogP contribution in [0, 0.1) is 0 Å². The highest BCUT2D eigenvalue weighted by Gasteiger charge is 2.25. The molecule has 1 fully saturated rings. The molecular formula is C16H23N3O. The number of benzene rings is 1. The molecule has 0 aliphatic carbocycles. The smallest absolute Gasteiger partial charge is 0.317 e. The van der Waals surface area contributed by atoms with Crippen molar-refractivity contribution in [3.8, 4) is 0 Å². The minimum atomic E-state index is 0.0997. The Labute approximate surface area is 120 Å². The van der Waals surface area contributed by atoms with E-state index in [0.29, 0.717) is 12.6 Å². The molecule has 2 aliphatic heterocycles. The molecule has 20 heavy (non-hydrogen) atoms. The van der Waals surface area contributed by atoms with E-state index in [1.54, 1.807) is 0 Å². The van der Waals surface area contributed by atoms with Gasteiger partial charge in [0.15, 0.2) is 0 Å². The number of carbonyl (C=O) groups is 1. The molecule has 0 bridgehead atoms. The normalized spacial score (nSPS) is 21.1. The molecule has 3 rings (SSSR count). The molecule has 2 heterocycles. The summed E-state index contributed by atoms with van der Waals surface area (Å²) in [4.78, 5) is 16.3. The minimum Gasteiger partial charge on any atom is -0.367 e. The van der Waals surface area contributed by atoms with Gasteiger partial charge in [-0.25, -0.2) is 4.79 Å². The van der Waals surface area contributed by atoms with Crippen molar-refractivity contribution >= 4 is 11.7 Å². The number of hydrogen-bond acceptors (Lipinski definition) is 2. The fourth-order valence-electron chi connectivity index (χ4n) is 3.29. The van der Waals surface area contributed by atoms with Crippen molar-refractivity contribution in [2.75, 3.05) is 31.1 Å². The van der Waals surface area contributed by atoms with Crippen molar-refractivity contribution in [3.05, 3.63) is 29.8 Å². The first-order valence-electron chi connectivity index (χ1n) is 7.63. The molecule has 0 radical (unpaired) electrons. The van der Waals surface area contributed by atoms with E-state index < -0.39 is 0 Å². The Balaban J connectivity index is 1.52. The van der Waals surface area contributed by atoms with Gasteiger partial charge in [0.25, 0.3) is 0 Å². The predicted molar refractivity (Wildman–Crippen MR) is 81.2 cm³/mol. The van der Waals surface area contributed by atoms with Crippen LogP contribution in [-0.2, 0) is 6.42 Å². The third kappa shape index (κ3) is 2.60. The fourth-order valence-corrected chi connectivity index (χ4v) is 3.29. The molecule has 108 valence electrons. The van der Waals surface area contributed by atoms with Crippen molar-refractivity contribution < 1.29 is 4.79 Å². The van der Waals surface area contributed by atoms with Gasteiger partial charge >= 0.3 is 6.03 Å². The molecule has 0 saturated carbocycles. The Bertz CT molecular complexity index is 482. The van der Waals surface area contributed by atoms with Gasteiger partial charge in [-0.15, -0.1) is 0 Å². The molecular weight excluding hydrogens is 250 g/mol. The molecule has 1 atom stereocenters. The van der Waals surface area contributed by atoms with Gasteiger partial charge in [0.1, 0.15) is 0 Å². The summed E-state index contributed by atoms with van der Waals surface area (Å²) >= 11 is 0. The number of hydrogen-bond donors (Lipinski definition) is 1. The second kappa shape index (κ2) is 5.73. The largest absolute Gasteiger partial charge is 0.367 e. The van der Waals surface area contributed by atoms with Crippen LogP contribution in [0.15, 0.2) is 24.3 Å². The zero-order valence-corrected chi connectivity index (χ0v) is 12.1. The van der Waals surface area contributed by atoms with Crippen LogP contribution in [0.1, 0.15) is 25.3 Å². The molecule has 1 unspecified atom stereocenters. The van der Waals surface area contributed by atoms with Crippen LogP contribution in [0.4, 0.5) is 10.5 Å². The van der Waals surface area contributed by atoms with Crippen LogP contribution < -0.4 is 10.2 Å². The summed E-state index contributed by atoms with van der Waals surface area (Å²) in [5.41, 5.74) is 2.75. The fraction of sp³-hybridized carbons (Fsp3) is 0.562. The maximum Gasteiger partial charge on any atom is 0.317 e. The van der Waals surface area contributed by atoms with Crippen molar-refractivity contribution in [2.45, 2.75) is 32.2 Å². The number of rotatable bonds is 3. The van der Waals surface area contributed by atoms with Gasteiger partial charge in [0.2, 0.25) is 0 Å². The van der Waals surface area contributed by atoms with Crippen LogP contribution in [-0.4, -0.2) is 43.2 Å². The molecule has 1 aromatic carbocycles. The van der Waals surface area contributed by atoms with Crippen LogP contribution >= 0.6 is 0 Å². The lowest BCUT2D eigenvalue weighted by molar-refractivity contribution is 0.209. The zero-order chi connectivity index (χ0) is 13.9. The molecule has 2 amide bonds. The van der Waals surface area contributed by atoms with E-state index in [4.69, 9.17) is 0 Å². The summed E-state index contributed by atoms with van der Waals surface area (Å²) in [5.74, 6) is 0. The summed E-state index contributed by atoms with van der Waals surface area (Å²) in [6.45, 7) is 5.68. The monoisotopic (exact) mass is 273 g/mol. The van der Waals surface area contributed by atoms with Crippen molar-refractivity contribution in [1.29, 1.82) is 0 Å². The van der Waals surface area contributed by atoms with E-state index in [2.05, 4.69) is 41.4 Å². The summed E-state index contributed by atoms with van der Waals surface area (Å²) in [5, 5.41) is 3.05. The standard InChI is InChI=1S/C16H23N3O/c1-13-12-14-6-2-3-7-15(14)19(13)11-8-17-16(20)18-9-4-5-10-18/h2-3,6-7,13H,4-5,8-12H2,1H3,(H,17,20). The Morgan fingerprint density at radius 3 is 2.85 bits per heavy atom. The van der Waals surface area contributed by atoms with E-state index >= 15 is 0 Å². The van der Waals surface area contributed by atoms with Crippen LogP contribution in [0.25, 0.3) is 0 Å². The number of urea groups is 1. The summed E-state index contributed by atoms with van der Waals surface area (Å²) in [6.07, 6.45) is 3.39. The first-order chi connectivity index (χ1) is 9.75. The molecule has 1 saturated heterocycles. The van der Waals surface area contributed by atoms with Gasteiger partial charge in [-0.2, -0.15) is 0 Å². The molecule has 0 spiro atoms. The molecule has 4 nitrogen and oxygen atoms in total. The molecule has 4 heteroatoms. The zero-order valence-electron chi connectivity index (χ0n) is 12.1. The first kappa shape index (κ1) is 13.3. The lowest BCUT2D eigenvalue weighted by atomic mass is 10.1. The van der Waals surface area contributed by atoms with E-state index in [0.717, 1.165) is 38.9 Å². The Morgan fingerprint density at radius 1 is 1.30 bits per heavy atom.